The van der Waals surface area contributed by atoms with Crippen molar-refractivity contribution in [3.8, 4) is 12.3 Å². The normalized spacial score (nSPS) is 11.2. The summed E-state index contributed by atoms with van der Waals surface area (Å²) in [4.78, 5) is 22.9. The quantitative estimate of drug-likeness (QED) is 0.740. The largest absolute Gasteiger partial charge is 0.382 e. The van der Waals surface area contributed by atoms with Crippen LogP contribution in [0.2, 0.25) is 0 Å². The van der Waals surface area contributed by atoms with Crippen molar-refractivity contribution in [2.24, 2.45) is 0 Å². The molecule has 5 nitrogen and oxygen atoms in total. The summed E-state index contributed by atoms with van der Waals surface area (Å²) in [7, 11) is 1.47. The molecule has 0 unspecified atom stereocenters. The third-order valence-electron chi connectivity index (χ3n) is 2.61. The van der Waals surface area contributed by atoms with Crippen LogP contribution >= 0.6 is 0 Å². The number of amides is 2. The predicted octanol–water partition coefficient (Wildman–Crippen LogP) is 0.435. The minimum absolute atomic E-state index is 0.126. The lowest BCUT2D eigenvalue weighted by Gasteiger charge is -2.16. The van der Waals surface area contributed by atoms with Gasteiger partial charge in [0, 0.05) is 26.1 Å². The number of terminal acetylenes is 1. The summed E-state index contributed by atoms with van der Waals surface area (Å²) in [5.41, 5.74) is 1.71. The number of hydrogen-bond acceptors (Lipinski definition) is 3. The summed E-state index contributed by atoms with van der Waals surface area (Å²) < 4.78 is 4.91. The van der Waals surface area contributed by atoms with E-state index in [0.29, 0.717) is 6.54 Å². The van der Waals surface area contributed by atoms with Crippen LogP contribution < -0.4 is 10.6 Å². The molecule has 0 heterocycles. The van der Waals surface area contributed by atoms with Crippen LogP contribution in [0.4, 0.5) is 0 Å². The number of carbonyl (C=O) groups is 2. The van der Waals surface area contributed by atoms with E-state index in [2.05, 4.69) is 16.6 Å². The third-order valence-corrected chi connectivity index (χ3v) is 2.61. The first-order valence-electron chi connectivity index (χ1n) is 6.16. The van der Waals surface area contributed by atoms with E-state index in [1.165, 1.54) is 14.0 Å². The highest BCUT2D eigenvalue weighted by molar-refractivity contribution is 5.86. The monoisotopic (exact) mass is 274 g/mol. The molecule has 2 N–H and O–H groups in total. The minimum Gasteiger partial charge on any atom is -0.382 e. The number of ether oxygens (including phenoxy) is 1. The molecule has 0 aromatic heterocycles. The lowest BCUT2D eigenvalue weighted by Crippen LogP contribution is -2.48. The summed E-state index contributed by atoms with van der Waals surface area (Å²) in [6, 6.07) is 6.62. The zero-order chi connectivity index (χ0) is 15.0. The smallest absolute Gasteiger partial charge is 0.245 e. The molecule has 2 amide bonds. The van der Waals surface area contributed by atoms with Gasteiger partial charge in [0.25, 0.3) is 0 Å². The van der Waals surface area contributed by atoms with Gasteiger partial charge in [0.15, 0.2) is 0 Å². The van der Waals surface area contributed by atoms with E-state index in [1.807, 2.05) is 24.3 Å². The van der Waals surface area contributed by atoms with Gasteiger partial charge in [-0.05, 0) is 17.7 Å². The van der Waals surface area contributed by atoms with Crippen molar-refractivity contribution in [3.63, 3.8) is 0 Å². The van der Waals surface area contributed by atoms with Crippen molar-refractivity contribution in [2.45, 2.75) is 19.5 Å². The summed E-state index contributed by atoms with van der Waals surface area (Å²) in [5, 5.41) is 5.27. The molecule has 1 aromatic rings. The molecule has 0 aliphatic rings. The molecule has 1 atom stereocenters. The Morgan fingerprint density at radius 3 is 2.50 bits per heavy atom. The van der Waals surface area contributed by atoms with Gasteiger partial charge in [-0.15, -0.1) is 6.42 Å². The number of nitrogens with one attached hydrogen (secondary N) is 2. The standard InChI is InChI=1S/C15H18N2O3/c1-4-12-5-7-13(8-6-12)9-16-15(19)14(10-20-3)17-11(2)18/h1,5-8,14H,9-10H2,2-3H3,(H,16,19)(H,17,18)/t14-/m1/s1. The number of rotatable bonds is 6. The van der Waals surface area contributed by atoms with Gasteiger partial charge in [0.2, 0.25) is 11.8 Å². The Morgan fingerprint density at radius 2 is 2.00 bits per heavy atom. The third kappa shape index (κ3) is 5.12. The molecule has 5 heteroatoms. The van der Waals surface area contributed by atoms with Crippen LogP contribution in [0.3, 0.4) is 0 Å². The molecule has 0 spiro atoms. The van der Waals surface area contributed by atoms with E-state index < -0.39 is 6.04 Å². The second kappa shape index (κ2) is 7.97. The van der Waals surface area contributed by atoms with Gasteiger partial charge in [0.1, 0.15) is 6.04 Å². The molecule has 0 aliphatic carbocycles. The Hall–Kier alpha value is -2.32. The second-order valence-corrected chi connectivity index (χ2v) is 4.27. The first kappa shape index (κ1) is 15.7. The lowest BCUT2D eigenvalue weighted by atomic mass is 10.1. The van der Waals surface area contributed by atoms with Crippen LogP contribution in [-0.4, -0.2) is 31.6 Å². The number of carbonyl (C=O) groups excluding carboxylic acids is 2. The molecule has 0 aliphatic heterocycles. The summed E-state index contributed by atoms with van der Waals surface area (Å²) in [6.45, 7) is 1.85. The number of methoxy groups -OCH3 is 1. The molecule has 106 valence electrons. The Morgan fingerprint density at radius 1 is 1.35 bits per heavy atom. The van der Waals surface area contributed by atoms with E-state index in [0.717, 1.165) is 11.1 Å². The molecule has 0 bridgehead atoms. The van der Waals surface area contributed by atoms with Gasteiger partial charge in [-0.2, -0.15) is 0 Å². The van der Waals surface area contributed by atoms with Gasteiger partial charge < -0.3 is 15.4 Å². The fourth-order valence-corrected chi connectivity index (χ4v) is 1.63. The molecule has 20 heavy (non-hydrogen) atoms. The summed E-state index contributed by atoms with van der Waals surface area (Å²) in [6.07, 6.45) is 5.27. The molecule has 0 radical (unpaired) electrons. The van der Waals surface area contributed by atoms with E-state index >= 15 is 0 Å². The van der Waals surface area contributed by atoms with Crippen LogP contribution in [0.1, 0.15) is 18.1 Å². The molecule has 1 aromatic carbocycles. The maximum absolute atomic E-state index is 11.9. The SMILES string of the molecule is C#Cc1ccc(CNC(=O)[C@@H](COC)NC(C)=O)cc1. The van der Waals surface area contributed by atoms with E-state index in [9.17, 15) is 9.59 Å². The average molecular weight is 274 g/mol. The fraction of sp³-hybridized carbons (Fsp3) is 0.333. The topological polar surface area (TPSA) is 67.4 Å². The van der Waals surface area contributed by atoms with E-state index in [-0.39, 0.29) is 18.4 Å². The van der Waals surface area contributed by atoms with Crippen LogP contribution in [-0.2, 0) is 20.9 Å². The zero-order valence-electron chi connectivity index (χ0n) is 11.6. The maximum Gasteiger partial charge on any atom is 0.245 e. The highest BCUT2D eigenvalue weighted by Gasteiger charge is 2.18. The molecule has 1 rings (SSSR count). The number of hydrogen-bond donors (Lipinski definition) is 2. The van der Waals surface area contributed by atoms with Crippen molar-refractivity contribution in [2.75, 3.05) is 13.7 Å². The lowest BCUT2D eigenvalue weighted by molar-refractivity contribution is -0.129. The first-order chi connectivity index (χ1) is 9.56. The number of benzene rings is 1. The Balaban J connectivity index is 2.55. The van der Waals surface area contributed by atoms with Crippen LogP contribution in [0.25, 0.3) is 0 Å². The van der Waals surface area contributed by atoms with Crippen molar-refractivity contribution in [1.29, 1.82) is 0 Å². The molecule has 0 saturated carbocycles. The van der Waals surface area contributed by atoms with Crippen LogP contribution in [0, 0.1) is 12.3 Å². The van der Waals surface area contributed by atoms with Crippen LogP contribution in [0.15, 0.2) is 24.3 Å². The summed E-state index contributed by atoms with van der Waals surface area (Å²) >= 11 is 0. The fourth-order valence-electron chi connectivity index (χ4n) is 1.63. The predicted molar refractivity (Wildman–Crippen MR) is 75.7 cm³/mol. The average Bonchev–Trinajstić information content (AvgIpc) is 2.44. The Kier molecular flexibility index (Phi) is 6.27. The molecular weight excluding hydrogens is 256 g/mol. The van der Waals surface area contributed by atoms with Gasteiger partial charge in [-0.3, -0.25) is 9.59 Å². The first-order valence-corrected chi connectivity index (χ1v) is 6.16. The van der Waals surface area contributed by atoms with E-state index in [1.54, 1.807) is 0 Å². The molecule has 0 fully saturated rings. The molecular formula is C15H18N2O3. The maximum atomic E-state index is 11.9. The van der Waals surface area contributed by atoms with Crippen molar-refractivity contribution < 1.29 is 14.3 Å². The van der Waals surface area contributed by atoms with Crippen LogP contribution in [0.5, 0.6) is 0 Å². The Bertz CT molecular complexity index is 503. The van der Waals surface area contributed by atoms with Crippen molar-refractivity contribution in [1.82, 2.24) is 10.6 Å². The zero-order valence-corrected chi connectivity index (χ0v) is 11.6. The van der Waals surface area contributed by atoms with Crippen molar-refractivity contribution >= 4 is 11.8 Å². The van der Waals surface area contributed by atoms with Gasteiger partial charge in [-0.25, -0.2) is 0 Å². The Labute approximate surface area is 118 Å². The van der Waals surface area contributed by atoms with Gasteiger partial charge in [-0.1, -0.05) is 18.1 Å². The second-order valence-electron chi connectivity index (χ2n) is 4.27. The molecule has 0 saturated heterocycles. The van der Waals surface area contributed by atoms with Crippen molar-refractivity contribution in [3.05, 3.63) is 35.4 Å². The van der Waals surface area contributed by atoms with Gasteiger partial charge in [0.05, 0.1) is 6.61 Å². The van der Waals surface area contributed by atoms with E-state index in [4.69, 9.17) is 11.2 Å². The summed E-state index contributed by atoms with van der Waals surface area (Å²) in [5.74, 6) is 1.96. The van der Waals surface area contributed by atoms with Gasteiger partial charge >= 0.3 is 0 Å². The highest BCUT2D eigenvalue weighted by atomic mass is 16.5. The highest BCUT2D eigenvalue weighted by Crippen LogP contribution is 2.03. The minimum atomic E-state index is -0.692.